The molecule has 0 spiro atoms. The van der Waals surface area contributed by atoms with E-state index >= 15 is 0 Å². The van der Waals surface area contributed by atoms with Crippen molar-refractivity contribution in [3.05, 3.63) is 44.5 Å². The van der Waals surface area contributed by atoms with E-state index in [0.717, 1.165) is 8.95 Å². The van der Waals surface area contributed by atoms with E-state index in [2.05, 4.69) is 42.3 Å². The largest absolute Gasteiger partial charge is 0.306 e. The van der Waals surface area contributed by atoms with Crippen molar-refractivity contribution < 1.29 is 4.79 Å². The lowest BCUT2D eigenvalue weighted by atomic mass is 10.2. The van der Waals surface area contributed by atoms with Crippen LogP contribution in [0, 0.1) is 11.3 Å². The molecular weight excluding hydrogens is 376 g/mol. The molecule has 1 heterocycles. The first-order valence-corrected chi connectivity index (χ1v) is 6.79. The number of carbonyl (C=O) groups excluding carboxylic acids is 1. The minimum absolute atomic E-state index is 0.304. The predicted molar refractivity (Wildman–Crippen MR) is 77.7 cm³/mol. The average molecular weight is 384 g/mol. The number of anilines is 1. The summed E-state index contributed by atoms with van der Waals surface area (Å²) in [4.78, 5) is 12.1. The van der Waals surface area contributed by atoms with Gasteiger partial charge in [0.2, 0.25) is 0 Å². The van der Waals surface area contributed by atoms with Crippen LogP contribution in [0.1, 0.15) is 15.9 Å². The Morgan fingerprint density at radius 3 is 2.58 bits per heavy atom. The third-order valence-electron chi connectivity index (χ3n) is 2.42. The Balaban J connectivity index is 2.31. The first-order valence-electron chi connectivity index (χ1n) is 5.21. The van der Waals surface area contributed by atoms with E-state index in [4.69, 9.17) is 5.26 Å². The number of nitrogens with zero attached hydrogens (tertiary/aromatic N) is 3. The average Bonchev–Trinajstić information content (AvgIpc) is 2.69. The Labute approximate surface area is 126 Å². The van der Waals surface area contributed by atoms with Gasteiger partial charge < -0.3 is 5.32 Å². The molecule has 0 atom stereocenters. The highest BCUT2D eigenvalue weighted by atomic mass is 79.9. The van der Waals surface area contributed by atoms with Crippen molar-refractivity contribution in [2.24, 2.45) is 7.05 Å². The van der Waals surface area contributed by atoms with Crippen molar-refractivity contribution in [2.75, 3.05) is 5.32 Å². The number of benzene rings is 1. The van der Waals surface area contributed by atoms with Gasteiger partial charge in [0.05, 0.1) is 6.20 Å². The summed E-state index contributed by atoms with van der Waals surface area (Å²) in [6, 6.07) is 7.21. The van der Waals surface area contributed by atoms with E-state index in [1.54, 1.807) is 19.2 Å². The maximum Gasteiger partial charge on any atom is 0.256 e. The summed E-state index contributed by atoms with van der Waals surface area (Å²) in [6.07, 6.45) is 1.41. The summed E-state index contributed by atoms with van der Waals surface area (Å²) in [7, 11) is 1.66. The maximum atomic E-state index is 12.1. The van der Waals surface area contributed by atoms with Crippen LogP contribution >= 0.6 is 31.9 Å². The fourth-order valence-corrected chi connectivity index (χ4v) is 2.83. The fraction of sp³-hybridized carbons (Fsp3) is 0.0833. The Kier molecular flexibility index (Phi) is 4.02. The zero-order valence-corrected chi connectivity index (χ0v) is 13.0. The molecule has 0 aliphatic carbocycles. The van der Waals surface area contributed by atoms with Crippen molar-refractivity contribution in [2.45, 2.75) is 0 Å². The van der Waals surface area contributed by atoms with Gasteiger partial charge in [0.15, 0.2) is 0 Å². The number of aryl methyl sites for hydroxylation is 1. The van der Waals surface area contributed by atoms with Crippen molar-refractivity contribution >= 4 is 43.6 Å². The normalized spacial score (nSPS) is 10.0. The molecule has 7 heteroatoms. The minimum Gasteiger partial charge on any atom is -0.306 e. The molecule has 1 N–H and O–H groups in total. The lowest BCUT2D eigenvalue weighted by Gasteiger charge is -2.07. The minimum atomic E-state index is -0.304. The van der Waals surface area contributed by atoms with E-state index in [1.165, 1.54) is 10.9 Å². The molecule has 1 aromatic heterocycles. The van der Waals surface area contributed by atoms with Crippen LogP contribution in [-0.2, 0) is 7.05 Å². The summed E-state index contributed by atoms with van der Waals surface area (Å²) >= 11 is 6.64. The molecule has 0 aliphatic heterocycles. The van der Waals surface area contributed by atoms with Gasteiger partial charge >= 0.3 is 0 Å². The van der Waals surface area contributed by atoms with E-state index in [9.17, 15) is 4.79 Å². The second-order valence-electron chi connectivity index (χ2n) is 3.75. The standard InChI is InChI=1S/C12H8Br2N4O/c1-18-11(8(5-15)6-16-18)17-12(19)7-2-9(13)4-10(14)3-7/h2-4,6H,1H3,(H,17,19). The van der Waals surface area contributed by atoms with Crippen molar-refractivity contribution in [3.63, 3.8) is 0 Å². The number of rotatable bonds is 2. The molecule has 2 rings (SSSR count). The number of nitriles is 1. The molecule has 19 heavy (non-hydrogen) atoms. The highest BCUT2D eigenvalue weighted by Gasteiger charge is 2.13. The lowest BCUT2D eigenvalue weighted by Crippen LogP contribution is -2.15. The molecular formula is C12H8Br2N4O. The smallest absolute Gasteiger partial charge is 0.256 e. The van der Waals surface area contributed by atoms with Crippen LogP contribution in [0.3, 0.4) is 0 Å². The van der Waals surface area contributed by atoms with E-state index in [1.807, 2.05) is 12.1 Å². The van der Waals surface area contributed by atoms with Crippen LogP contribution in [0.5, 0.6) is 0 Å². The molecule has 1 amide bonds. The van der Waals surface area contributed by atoms with Crippen LogP contribution in [0.4, 0.5) is 5.82 Å². The number of halogens is 2. The van der Waals surface area contributed by atoms with Crippen LogP contribution in [0.25, 0.3) is 0 Å². The third kappa shape index (κ3) is 3.03. The molecule has 0 fully saturated rings. The predicted octanol–water partition coefficient (Wildman–Crippen LogP) is 3.07. The molecule has 0 radical (unpaired) electrons. The Bertz CT molecular complexity index is 667. The van der Waals surface area contributed by atoms with Gasteiger partial charge in [0.25, 0.3) is 5.91 Å². The molecule has 0 bridgehead atoms. The Morgan fingerprint density at radius 2 is 2.00 bits per heavy atom. The Hall–Kier alpha value is -1.65. The SMILES string of the molecule is Cn1ncc(C#N)c1NC(=O)c1cc(Br)cc(Br)c1. The summed E-state index contributed by atoms with van der Waals surface area (Å²) in [5.74, 6) is 0.0747. The van der Waals surface area contributed by atoms with Crippen LogP contribution in [-0.4, -0.2) is 15.7 Å². The molecule has 0 saturated carbocycles. The number of carbonyl (C=O) groups is 1. The van der Waals surface area contributed by atoms with Crippen LogP contribution in [0.2, 0.25) is 0 Å². The number of aromatic nitrogens is 2. The van der Waals surface area contributed by atoms with Crippen molar-refractivity contribution in [1.82, 2.24) is 9.78 Å². The van der Waals surface area contributed by atoms with Gasteiger partial charge in [-0.15, -0.1) is 0 Å². The molecule has 0 saturated heterocycles. The van der Waals surface area contributed by atoms with Gasteiger partial charge in [0.1, 0.15) is 17.5 Å². The van der Waals surface area contributed by atoms with Crippen LogP contribution in [0.15, 0.2) is 33.3 Å². The molecule has 0 unspecified atom stereocenters. The lowest BCUT2D eigenvalue weighted by molar-refractivity contribution is 0.102. The van der Waals surface area contributed by atoms with Crippen molar-refractivity contribution in [3.8, 4) is 6.07 Å². The third-order valence-corrected chi connectivity index (χ3v) is 3.33. The first-order chi connectivity index (χ1) is 9.01. The highest BCUT2D eigenvalue weighted by molar-refractivity contribution is 9.11. The van der Waals surface area contributed by atoms with Gasteiger partial charge in [-0.3, -0.25) is 9.48 Å². The summed E-state index contributed by atoms with van der Waals surface area (Å²) in [5.41, 5.74) is 0.802. The van der Waals surface area contributed by atoms with Gasteiger partial charge in [-0.25, -0.2) is 0 Å². The van der Waals surface area contributed by atoms with Crippen LogP contribution < -0.4 is 5.32 Å². The number of nitrogens with one attached hydrogen (secondary N) is 1. The first kappa shape index (κ1) is 13.8. The number of hydrogen-bond donors (Lipinski definition) is 1. The Morgan fingerprint density at radius 1 is 1.37 bits per heavy atom. The maximum absolute atomic E-state index is 12.1. The van der Waals surface area contributed by atoms with Gasteiger partial charge in [-0.1, -0.05) is 31.9 Å². The second-order valence-corrected chi connectivity index (χ2v) is 5.59. The van der Waals surface area contributed by atoms with Gasteiger partial charge in [-0.05, 0) is 18.2 Å². The zero-order chi connectivity index (χ0) is 14.0. The van der Waals surface area contributed by atoms with E-state index in [-0.39, 0.29) is 5.91 Å². The molecule has 5 nitrogen and oxygen atoms in total. The summed E-state index contributed by atoms with van der Waals surface area (Å²) < 4.78 is 3.03. The topological polar surface area (TPSA) is 70.7 Å². The molecule has 96 valence electrons. The summed E-state index contributed by atoms with van der Waals surface area (Å²) in [5, 5.41) is 15.5. The fourth-order valence-electron chi connectivity index (χ4n) is 1.53. The second kappa shape index (κ2) is 5.55. The van der Waals surface area contributed by atoms with Gasteiger partial charge in [-0.2, -0.15) is 10.4 Å². The summed E-state index contributed by atoms with van der Waals surface area (Å²) in [6.45, 7) is 0. The van der Waals surface area contributed by atoms with E-state index in [0.29, 0.717) is 16.9 Å². The zero-order valence-electron chi connectivity index (χ0n) is 9.82. The number of hydrogen-bond acceptors (Lipinski definition) is 3. The van der Waals surface area contributed by atoms with Gasteiger partial charge in [0, 0.05) is 21.6 Å². The van der Waals surface area contributed by atoms with E-state index < -0.39 is 0 Å². The quantitative estimate of drug-likeness (QED) is 0.866. The molecule has 0 aliphatic rings. The number of amides is 1. The molecule has 1 aromatic carbocycles. The monoisotopic (exact) mass is 382 g/mol. The van der Waals surface area contributed by atoms with Crippen molar-refractivity contribution in [1.29, 1.82) is 5.26 Å². The molecule has 2 aromatic rings. The highest BCUT2D eigenvalue weighted by Crippen LogP contribution is 2.21.